The van der Waals surface area contributed by atoms with Gasteiger partial charge in [-0.15, -0.1) is 0 Å². The Morgan fingerprint density at radius 3 is 2.67 bits per heavy atom. The van der Waals surface area contributed by atoms with Crippen molar-refractivity contribution in [2.75, 3.05) is 20.1 Å². The fourth-order valence-corrected chi connectivity index (χ4v) is 1.62. The summed E-state index contributed by atoms with van der Waals surface area (Å²) in [4.78, 5) is 28.4. The summed E-state index contributed by atoms with van der Waals surface area (Å²) in [6.45, 7) is 2.25. The fraction of sp³-hybridized carbons (Fsp3) is 0.364. The number of nitrogens with one attached hydrogen (secondary N) is 1. The molecule has 0 atom stereocenters. The lowest BCUT2D eigenvalue weighted by Gasteiger charge is -2.16. The van der Waals surface area contributed by atoms with Crippen LogP contribution >= 0.6 is 23.2 Å². The molecule has 1 heterocycles. The van der Waals surface area contributed by atoms with Crippen LogP contribution in [0, 0.1) is 0 Å². The zero-order valence-corrected chi connectivity index (χ0v) is 11.5. The Labute approximate surface area is 115 Å². The lowest BCUT2D eigenvalue weighted by molar-refractivity contribution is -0.121. The van der Waals surface area contributed by atoms with Gasteiger partial charge >= 0.3 is 0 Å². The highest BCUT2D eigenvalue weighted by atomic mass is 35.5. The first-order valence-corrected chi connectivity index (χ1v) is 6.05. The summed E-state index contributed by atoms with van der Waals surface area (Å²) in [6, 6.07) is 2.98. The molecule has 98 valence electrons. The number of nitrogens with zero attached hydrogens (tertiary/aromatic N) is 2. The van der Waals surface area contributed by atoms with E-state index in [2.05, 4.69) is 10.3 Å². The Morgan fingerprint density at radius 2 is 2.06 bits per heavy atom. The van der Waals surface area contributed by atoms with Gasteiger partial charge in [0.15, 0.2) is 0 Å². The number of amides is 2. The summed E-state index contributed by atoms with van der Waals surface area (Å²) in [6.07, 6.45) is 0. The molecule has 2 amide bonds. The predicted molar refractivity (Wildman–Crippen MR) is 69.9 cm³/mol. The zero-order valence-electron chi connectivity index (χ0n) is 10.0. The molecule has 0 aliphatic carbocycles. The van der Waals surface area contributed by atoms with Crippen LogP contribution in [0.5, 0.6) is 0 Å². The van der Waals surface area contributed by atoms with Crippen molar-refractivity contribution in [3.05, 3.63) is 28.0 Å². The van der Waals surface area contributed by atoms with E-state index in [4.69, 9.17) is 23.2 Å². The highest BCUT2D eigenvalue weighted by molar-refractivity contribution is 6.34. The monoisotopic (exact) mass is 289 g/mol. The summed E-state index contributed by atoms with van der Waals surface area (Å²) in [5.74, 6) is -0.694. The number of carbonyl (C=O) groups is 2. The average molecular weight is 290 g/mol. The molecule has 1 aromatic heterocycles. The van der Waals surface area contributed by atoms with E-state index in [-0.39, 0.29) is 28.3 Å². The third-order valence-electron chi connectivity index (χ3n) is 2.12. The minimum absolute atomic E-state index is 0.0379. The third kappa shape index (κ3) is 3.85. The van der Waals surface area contributed by atoms with Crippen LogP contribution in [-0.2, 0) is 4.79 Å². The summed E-state index contributed by atoms with van der Waals surface area (Å²) in [5, 5.41) is 2.97. The maximum atomic E-state index is 12.0. The molecule has 0 fully saturated rings. The molecule has 0 aromatic carbocycles. The smallest absolute Gasteiger partial charge is 0.274 e. The van der Waals surface area contributed by atoms with Crippen LogP contribution in [0.15, 0.2) is 12.1 Å². The third-order valence-corrected chi connectivity index (χ3v) is 2.63. The first kappa shape index (κ1) is 14.7. The normalized spacial score (nSPS) is 10.0. The number of hydrogen-bond donors (Lipinski definition) is 1. The van der Waals surface area contributed by atoms with E-state index in [1.807, 2.05) is 0 Å². The molecule has 0 spiro atoms. The van der Waals surface area contributed by atoms with Gasteiger partial charge in [-0.1, -0.05) is 23.2 Å². The standard InChI is InChI=1S/C11H13Cl2N3O2/c1-3-14-9(17)6-16(2)11(18)10-7(12)4-5-8(13)15-10/h4-5H,3,6H2,1-2H3,(H,14,17). The molecule has 0 aliphatic rings. The van der Waals surface area contributed by atoms with E-state index in [1.165, 1.54) is 24.1 Å². The zero-order chi connectivity index (χ0) is 13.7. The van der Waals surface area contributed by atoms with Gasteiger partial charge in [-0.05, 0) is 19.1 Å². The molecule has 0 radical (unpaired) electrons. The molecule has 0 unspecified atom stereocenters. The van der Waals surface area contributed by atoms with Crippen molar-refractivity contribution in [3.8, 4) is 0 Å². The molecule has 0 saturated heterocycles. The molecule has 18 heavy (non-hydrogen) atoms. The average Bonchev–Trinajstić information content (AvgIpc) is 2.31. The van der Waals surface area contributed by atoms with Crippen molar-refractivity contribution < 1.29 is 9.59 Å². The number of aromatic nitrogens is 1. The second-order valence-electron chi connectivity index (χ2n) is 3.58. The lowest BCUT2D eigenvalue weighted by atomic mass is 10.3. The van der Waals surface area contributed by atoms with Gasteiger partial charge in [0.25, 0.3) is 5.91 Å². The Bertz CT molecular complexity index is 466. The topological polar surface area (TPSA) is 62.3 Å². The molecule has 1 aromatic rings. The van der Waals surface area contributed by atoms with Crippen LogP contribution in [0.2, 0.25) is 10.2 Å². The minimum atomic E-state index is -0.450. The largest absolute Gasteiger partial charge is 0.355 e. The molecule has 5 nitrogen and oxygen atoms in total. The Morgan fingerprint density at radius 1 is 1.39 bits per heavy atom. The second-order valence-corrected chi connectivity index (χ2v) is 4.37. The van der Waals surface area contributed by atoms with E-state index in [0.717, 1.165) is 0 Å². The number of pyridine rings is 1. The lowest BCUT2D eigenvalue weighted by Crippen LogP contribution is -2.38. The molecule has 1 rings (SSSR count). The Hall–Kier alpha value is -1.33. The van der Waals surface area contributed by atoms with Crippen LogP contribution in [-0.4, -0.2) is 41.8 Å². The van der Waals surface area contributed by atoms with Gasteiger partial charge in [0.1, 0.15) is 10.8 Å². The minimum Gasteiger partial charge on any atom is -0.355 e. The SMILES string of the molecule is CCNC(=O)CN(C)C(=O)c1nc(Cl)ccc1Cl. The Balaban J connectivity index is 2.80. The Kier molecular flexibility index (Phi) is 5.37. The summed E-state index contributed by atoms with van der Waals surface area (Å²) in [5.41, 5.74) is 0.0379. The van der Waals surface area contributed by atoms with Gasteiger partial charge < -0.3 is 10.2 Å². The van der Waals surface area contributed by atoms with Crippen LogP contribution in [0.4, 0.5) is 0 Å². The van der Waals surface area contributed by atoms with Crippen molar-refractivity contribution in [1.29, 1.82) is 0 Å². The first-order chi connectivity index (χ1) is 8.45. The fourth-order valence-electron chi connectivity index (χ4n) is 1.29. The van der Waals surface area contributed by atoms with E-state index in [9.17, 15) is 9.59 Å². The van der Waals surface area contributed by atoms with E-state index in [1.54, 1.807) is 6.92 Å². The number of hydrogen-bond acceptors (Lipinski definition) is 3. The molecule has 7 heteroatoms. The summed E-state index contributed by atoms with van der Waals surface area (Å²) in [7, 11) is 1.50. The van der Waals surface area contributed by atoms with Crippen molar-refractivity contribution in [2.45, 2.75) is 6.92 Å². The van der Waals surface area contributed by atoms with Crippen LogP contribution in [0.1, 0.15) is 17.4 Å². The molecule has 1 N–H and O–H groups in total. The van der Waals surface area contributed by atoms with E-state index < -0.39 is 5.91 Å². The molecular formula is C11H13Cl2N3O2. The van der Waals surface area contributed by atoms with Crippen molar-refractivity contribution in [1.82, 2.24) is 15.2 Å². The molecule has 0 bridgehead atoms. The summed E-state index contributed by atoms with van der Waals surface area (Å²) >= 11 is 11.6. The van der Waals surface area contributed by atoms with Gasteiger partial charge in [0.2, 0.25) is 5.91 Å². The summed E-state index contributed by atoms with van der Waals surface area (Å²) < 4.78 is 0. The number of halogens is 2. The van der Waals surface area contributed by atoms with Crippen LogP contribution in [0.25, 0.3) is 0 Å². The van der Waals surface area contributed by atoms with Gasteiger partial charge in [-0.2, -0.15) is 0 Å². The number of likely N-dealkylation sites (N-methyl/N-ethyl adjacent to an activating group) is 2. The van der Waals surface area contributed by atoms with Crippen LogP contribution in [0.3, 0.4) is 0 Å². The van der Waals surface area contributed by atoms with Gasteiger partial charge in [0, 0.05) is 13.6 Å². The number of carbonyl (C=O) groups excluding carboxylic acids is 2. The van der Waals surface area contributed by atoms with Crippen molar-refractivity contribution >= 4 is 35.0 Å². The molecule has 0 aliphatic heterocycles. The quantitative estimate of drug-likeness (QED) is 0.857. The van der Waals surface area contributed by atoms with Crippen molar-refractivity contribution in [3.63, 3.8) is 0 Å². The van der Waals surface area contributed by atoms with Crippen LogP contribution < -0.4 is 5.32 Å². The predicted octanol–water partition coefficient (Wildman–Crippen LogP) is 1.60. The van der Waals surface area contributed by atoms with E-state index >= 15 is 0 Å². The number of rotatable bonds is 4. The van der Waals surface area contributed by atoms with Crippen molar-refractivity contribution in [2.24, 2.45) is 0 Å². The highest BCUT2D eigenvalue weighted by Crippen LogP contribution is 2.18. The van der Waals surface area contributed by atoms with Gasteiger partial charge in [-0.25, -0.2) is 4.98 Å². The maximum Gasteiger partial charge on any atom is 0.274 e. The van der Waals surface area contributed by atoms with Gasteiger partial charge in [-0.3, -0.25) is 9.59 Å². The molecular weight excluding hydrogens is 277 g/mol. The van der Waals surface area contributed by atoms with Gasteiger partial charge in [0.05, 0.1) is 11.6 Å². The highest BCUT2D eigenvalue weighted by Gasteiger charge is 2.19. The van der Waals surface area contributed by atoms with E-state index in [0.29, 0.717) is 6.54 Å². The second kappa shape index (κ2) is 6.56. The first-order valence-electron chi connectivity index (χ1n) is 5.30. The molecule has 0 saturated carbocycles. The maximum absolute atomic E-state index is 12.0.